The van der Waals surface area contributed by atoms with Crippen molar-refractivity contribution in [2.45, 2.75) is 19.9 Å². The quantitative estimate of drug-likeness (QED) is 0.825. The Morgan fingerprint density at radius 1 is 1.37 bits per heavy atom. The van der Waals surface area contributed by atoms with Crippen molar-refractivity contribution in [1.82, 2.24) is 14.9 Å². The Hall–Kier alpha value is -1.34. The second-order valence-corrected chi connectivity index (χ2v) is 5.17. The van der Waals surface area contributed by atoms with Crippen LogP contribution in [0.4, 0.5) is 10.2 Å². The Bertz CT molecular complexity index is 473. The van der Waals surface area contributed by atoms with Crippen LogP contribution in [0.5, 0.6) is 0 Å². The molecule has 1 aliphatic heterocycles. The highest BCUT2D eigenvalue weighted by Crippen LogP contribution is 2.19. The smallest absolute Gasteiger partial charge is 0.186 e. The molecule has 0 saturated carbocycles. The van der Waals surface area contributed by atoms with Crippen molar-refractivity contribution in [3.63, 3.8) is 0 Å². The van der Waals surface area contributed by atoms with Crippen LogP contribution in [0.1, 0.15) is 12.6 Å². The molecule has 1 saturated heterocycles. The molecule has 2 rings (SSSR count). The summed E-state index contributed by atoms with van der Waals surface area (Å²) in [6, 6.07) is 0.0779. The van der Waals surface area contributed by atoms with E-state index in [0.717, 1.165) is 13.1 Å². The van der Waals surface area contributed by atoms with Gasteiger partial charge in [-0.1, -0.05) is 12.2 Å². The molecule has 0 aliphatic carbocycles. The minimum atomic E-state index is -0.335. The van der Waals surface area contributed by atoms with Gasteiger partial charge in [0.25, 0.3) is 0 Å². The molecular formula is C12H18FN5S. The fourth-order valence-electron chi connectivity index (χ4n) is 2.17. The third kappa shape index (κ3) is 2.98. The van der Waals surface area contributed by atoms with Crippen LogP contribution in [0, 0.1) is 12.7 Å². The maximum Gasteiger partial charge on any atom is 0.186 e. The van der Waals surface area contributed by atoms with Gasteiger partial charge >= 0.3 is 0 Å². The topological polar surface area (TPSA) is 58.3 Å². The Morgan fingerprint density at radius 2 is 2.00 bits per heavy atom. The van der Waals surface area contributed by atoms with Crippen molar-refractivity contribution in [1.29, 1.82) is 0 Å². The fourth-order valence-corrected chi connectivity index (χ4v) is 2.32. The molecule has 0 aromatic carbocycles. The number of hydrogen-bond acceptors (Lipinski definition) is 5. The van der Waals surface area contributed by atoms with E-state index in [-0.39, 0.29) is 11.9 Å². The monoisotopic (exact) mass is 283 g/mol. The standard InChI is InChI=1S/C12H18FN5S/c1-8-10(13)12(16-7-15-8)18-5-3-17(4-6-18)9(2)11(14)19/h7,9H,3-6H2,1-2H3,(H2,14,19). The van der Waals surface area contributed by atoms with Gasteiger partial charge in [-0.2, -0.15) is 0 Å². The van der Waals surface area contributed by atoms with Gasteiger partial charge in [-0.25, -0.2) is 14.4 Å². The average Bonchev–Trinajstić information content (AvgIpc) is 2.41. The van der Waals surface area contributed by atoms with Gasteiger partial charge in [-0.3, -0.25) is 4.90 Å². The molecule has 1 aliphatic rings. The van der Waals surface area contributed by atoms with E-state index in [4.69, 9.17) is 18.0 Å². The number of aromatic nitrogens is 2. The summed E-state index contributed by atoms with van der Waals surface area (Å²) in [5.74, 6) is 0.0495. The third-order valence-electron chi connectivity index (χ3n) is 3.52. The van der Waals surface area contributed by atoms with Gasteiger partial charge in [0, 0.05) is 26.2 Å². The summed E-state index contributed by atoms with van der Waals surface area (Å²) in [6.45, 7) is 6.64. The maximum atomic E-state index is 13.9. The summed E-state index contributed by atoms with van der Waals surface area (Å²) in [5.41, 5.74) is 6.03. The average molecular weight is 283 g/mol. The second kappa shape index (κ2) is 5.75. The highest BCUT2D eigenvalue weighted by atomic mass is 32.1. The van der Waals surface area contributed by atoms with E-state index < -0.39 is 0 Å². The Morgan fingerprint density at radius 3 is 2.58 bits per heavy atom. The number of nitrogens with zero attached hydrogens (tertiary/aromatic N) is 4. The summed E-state index contributed by atoms with van der Waals surface area (Å²) >= 11 is 5.00. The molecule has 1 aromatic heterocycles. The summed E-state index contributed by atoms with van der Waals surface area (Å²) < 4.78 is 13.9. The number of hydrogen-bond donors (Lipinski definition) is 1. The fraction of sp³-hybridized carbons (Fsp3) is 0.583. The zero-order valence-corrected chi connectivity index (χ0v) is 12.0. The third-order valence-corrected chi connectivity index (χ3v) is 3.86. The molecule has 1 fully saturated rings. The summed E-state index contributed by atoms with van der Waals surface area (Å²) in [5, 5.41) is 0. The van der Waals surface area contributed by atoms with E-state index in [1.54, 1.807) is 6.92 Å². The second-order valence-electron chi connectivity index (χ2n) is 4.70. The molecule has 2 heterocycles. The van der Waals surface area contributed by atoms with E-state index in [1.807, 2.05) is 11.8 Å². The van der Waals surface area contributed by atoms with Crippen molar-refractivity contribution < 1.29 is 4.39 Å². The van der Waals surface area contributed by atoms with E-state index in [0.29, 0.717) is 29.6 Å². The number of piperazine rings is 1. The molecule has 5 nitrogen and oxygen atoms in total. The Balaban J connectivity index is 2.04. The summed E-state index contributed by atoms with van der Waals surface area (Å²) in [6.07, 6.45) is 1.40. The van der Waals surface area contributed by atoms with Gasteiger partial charge in [-0.15, -0.1) is 0 Å². The van der Waals surface area contributed by atoms with Gasteiger partial charge in [0.1, 0.15) is 6.33 Å². The number of rotatable bonds is 3. The molecule has 0 bridgehead atoms. The van der Waals surface area contributed by atoms with E-state index >= 15 is 0 Å². The number of thiocarbonyl (C=S) groups is 1. The van der Waals surface area contributed by atoms with Gasteiger partial charge < -0.3 is 10.6 Å². The van der Waals surface area contributed by atoms with Gasteiger partial charge in [0.2, 0.25) is 0 Å². The van der Waals surface area contributed by atoms with Gasteiger partial charge in [0.15, 0.2) is 11.6 Å². The van der Waals surface area contributed by atoms with Crippen LogP contribution < -0.4 is 10.6 Å². The van der Waals surface area contributed by atoms with Crippen LogP contribution in [0.3, 0.4) is 0 Å². The molecule has 104 valence electrons. The molecule has 0 spiro atoms. The summed E-state index contributed by atoms with van der Waals surface area (Å²) in [4.78, 5) is 12.5. The Labute approximate surface area is 117 Å². The lowest BCUT2D eigenvalue weighted by molar-refractivity contribution is 0.238. The minimum absolute atomic E-state index is 0.0779. The molecule has 1 atom stereocenters. The number of aryl methyl sites for hydroxylation is 1. The molecule has 0 radical (unpaired) electrons. The lowest BCUT2D eigenvalue weighted by Gasteiger charge is -2.38. The normalized spacial score (nSPS) is 18.4. The first-order chi connectivity index (χ1) is 9.00. The number of halogens is 1. The summed E-state index contributed by atoms with van der Waals surface area (Å²) in [7, 11) is 0. The van der Waals surface area contributed by atoms with E-state index in [2.05, 4.69) is 14.9 Å². The van der Waals surface area contributed by atoms with Crippen LogP contribution in [-0.2, 0) is 0 Å². The zero-order chi connectivity index (χ0) is 14.0. The first-order valence-electron chi connectivity index (χ1n) is 6.26. The van der Waals surface area contributed by atoms with Crippen molar-refractivity contribution in [2.24, 2.45) is 5.73 Å². The van der Waals surface area contributed by atoms with Crippen molar-refractivity contribution in [2.75, 3.05) is 31.1 Å². The van der Waals surface area contributed by atoms with Crippen molar-refractivity contribution in [3.8, 4) is 0 Å². The predicted molar refractivity (Wildman–Crippen MR) is 76.8 cm³/mol. The molecule has 0 amide bonds. The highest BCUT2D eigenvalue weighted by Gasteiger charge is 2.25. The maximum absolute atomic E-state index is 13.9. The van der Waals surface area contributed by atoms with Crippen molar-refractivity contribution in [3.05, 3.63) is 17.8 Å². The SMILES string of the molecule is Cc1ncnc(N2CCN(C(C)C(N)=S)CC2)c1F. The van der Waals surface area contributed by atoms with Crippen molar-refractivity contribution >= 4 is 23.0 Å². The van der Waals surface area contributed by atoms with Gasteiger partial charge in [-0.05, 0) is 13.8 Å². The lowest BCUT2D eigenvalue weighted by atomic mass is 10.2. The number of nitrogens with two attached hydrogens (primary N) is 1. The number of anilines is 1. The van der Waals surface area contributed by atoms with Crippen LogP contribution in [0.2, 0.25) is 0 Å². The lowest BCUT2D eigenvalue weighted by Crippen LogP contribution is -2.53. The Kier molecular flexibility index (Phi) is 4.26. The molecule has 1 aromatic rings. The first-order valence-corrected chi connectivity index (χ1v) is 6.67. The van der Waals surface area contributed by atoms with E-state index in [9.17, 15) is 4.39 Å². The van der Waals surface area contributed by atoms with Crippen LogP contribution in [0.15, 0.2) is 6.33 Å². The molecule has 2 N–H and O–H groups in total. The van der Waals surface area contributed by atoms with Gasteiger partial charge in [0.05, 0.1) is 16.7 Å². The predicted octanol–water partition coefficient (Wildman–Crippen LogP) is 0.721. The minimum Gasteiger partial charge on any atom is -0.392 e. The largest absolute Gasteiger partial charge is 0.392 e. The van der Waals surface area contributed by atoms with Crippen LogP contribution in [0.25, 0.3) is 0 Å². The molecular weight excluding hydrogens is 265 g/mol. The van der Waals surface area contributed by atoms with Crippen LogP contribution >= 0.6 is 12.2 Å². The molecule has 1 unspecified atom stereocenters. The molecule has 7 heteroatoms. The zero-order valence-electron chi connectivity index (χ0n) is 11.1. The highest BCUT2D eigenvalue weighted by molar-refractivity contribution is 7.80. The first kappa shape index (κ1) is 14.1. The van der Waals surface area contributed by atoms with E-state index in [1.165, 1.54) is 6.33 Å². The molecule has 19 heavy (non-hydrogen) atoms. The van der Waals surface area contributed by atoms with Crippen LogP contribution in [-0.4, -0.2) is 52.1 Å².